The monoisotopic (exact) mass is 731 g/mol. The number of amides is 1. The first-order chi connectivity index (χ1) is 25.1. The number of aromatic nitrogens is 1. The standard InChI is InChI=1S/C42H41N3O5S2/c1-41(40(46)44-47,52(2,48)49)26-25-39-43-37-24-23-32(29-38(37)51-39)15-12-13-16-33-30-45(31-33)27-14-28-50-42(34-17-6-3-7-18-34,35-19-8-4-9-20-35)36-21-10-5-11-22-36/h3-11,17-24,29,33,47H,14,25-28,30-31H2,1-2H3,(H,44,46)/t41-/m1/s1. The Labute approximate surface area is 309 Å². The fraction of sp³-hybridized carbons (Fsp3) is 0.286. The molecule has 2 N–H and O–H groups in total. The Morgan fingerprint density at radius 3 is 2.10 bits per heavy atom. The highest BCUT2D eigenvalue weighted by Gasteiger charge is 2.43. The summed E-state index contributed by atoms with van der Waals surface area (Å²) in [5.74, 6) is 11.7. The molecule has 0 aliphatic carbocycles. The summed E-state index contributed by atoms with van der Waals surface area (Å²) in [6.07, 6.45) is 2.14. The van der Waals surface area contributed by atoms with Gasteiger partial charge in [0.05, 0.1) is 15.2 Å². The Morgan fingerprint density at radius 1 is 0.942 bits per heavy atom. The highest BCUT2D eigenvalue weighted by molar-refractivity contribution is 7.92. The Balaban J connectivity index is 1.01. The zero-order valence-electron chi connectivity index (χ0n) is 29.2. The Kier molecular flexibility index (Phi) is 11.6. The predicted octanol–water partition coefficient (Wildman–Crippen LogP) is 6.22. The number of ether oxygens (including phenoxy) is 1. The second-order valence-corrected chi connectivity index (χ2v) is 16.8. The molecule has 1 amide bonds. The molecule has 52 heavy (non-hydrogen) atoms. The van der Waals surface area contributed by atoms with E-state index in [1.807, 2.05) is 36.4 Å². The zero-order chi connectivity index (χ0) is 36.6. The van der Waals surface area contributed by atoms with Gasteiger partial charge in [0.1, 0.15) is 10.3 Å². The second kappa shape index (κ2) is 16.2. The average Bonchev–Trinajstić information content (AvgIpc) is 3.56. The summed E-state index contributed by atoms with van der Waals surface area (Å²) in [6, 6.07) is 37.0. The number of nitrogens with one attached hydrogen (secondary N) is 1. The molecule has 1 atom stereocenters. The Bertz CT molecular complexity index is 2140. The molecule has 0 radical (unpaired) electrons. The van der Waals surface area contributed by atoms with E-state index in [9.17, 15) is 13.2 Å². The van der Waals surface area contributed by atoms with Crippen LogP contribution < -0.4 is 5.48 Å². The SMILES string of the molecule is C[C@@](CCc1nc2ccc(C#CC#CC3CN(CCCOC(c4ccccc4)(c4ccccc4)c4ccccc4)C3)cc2s1)(C(=O)NO)S(C)(=O)=O. The maximum Gasteiger partial charge on any atom is 0.264 e. The van der Waals surface area contributed by atoms with Crippen molar-refractivity contribution in [3.8, 4) is 23.7 Å². The smallest absolute Gasteiger partial charge is 0.264 e. The first-order valence-electron chi connectivity index (χ1n) is 17.2. The van der Waals surface area contributed by atoms with Crippen LogP contribution in [-0.4, -0.2) is 66.7 Å². The first-order valence-corrected chi connectivity index (χ1v) is 19.9. The fourth-order valence-electron chi connectivity index (χ4n) is 6.46. The Hall–Kier alpha value is -4.81. The van der Waals surface area contributed by atoms with Crippen LogP contribution in [0.4, 0.5) is 0 Å². The summed E-state index contributed by atoms with van der Waals surface area (Å²) >= 11 is 1.43. The van der Waals surface area contributed by atoms with E-state index < -0.39 is 26.1 Å². The lowest BCUT2D eigenvalue weighted by atomic mass is 9.80. The third-order valence-corrected chi connectivity index (χ3v) is 12.7. The molecular weight excluding hydrogens is 691 g/mol. The minimum absolute atomic E-state index is 0.00977. The molecule has 0 saturated carbocycles. The molecule has 1 fully saturated rings. The van der Waals surface area contributed by atoms with Gasteiger partial charge in [0.2, 0.25) is 0 Å². The van der Waals surface area contributed by atoms with Gasteiger partial charge in [-0.25, -0.2) is 18.9 Å². The summed E-state index contributed by atoms with van der Waals surface area (Å²) < 4.78 is 30.6. The number of sulfone groups is 1. The molecule has 0 unspecified atom stereocenters. The number of likely N-dealkylation sites (tertiary alicyclic amines) is 1. The predicted molar refractivity (Wildman–Crippen MR) is 205 cm³/mol. The molecule has 4 aromatic carbocycles. The van der Waals surface area contributed by atoms with Crippen molar-refractivity contribution in [2.24, 2.45) is 5.92 Å². The van der Waals surface area contributed by atoms with E-state index in [0.717, 1.165) is 64.8 Å². The molecule has 1 aliphatic rings. The van der Waals surface area contributed by atoms with Crippen LogP contribution in [0.25, 0.3) is 10.2 Å². The number of hydroxylamine groups is 1. The van der Waals surface area contributed by atoms with Gasteiger partial charge in [-0.05, 0) is 66.5 Å². The van der Waals surface area contributed by atoms with Crippen LogP contribution >= 0.6 is 11.3 Å². The van der Waals surface area contributed by atoms with E-state index in [0.29, 0.717) is 11.6 Å². The van der Waals surface area contributed by atoms with E-state index in [2.05, 4.69) is 106 Å². The lowest BCUT2D eigenvalue weighted by molar-refractivity contribution is -0.131. The highest BCUT2D eigenvalue weighted by Crippen LogP contribution is 2.40. The maximum absolute atomic E-state index is 12.3. The van der Waals surface area contributed by atoms with Gasteiger partial charge < -0.3 is 9.64 Å². The number of hydrogen-bond acceptors (Lipinski definition) is 8. The lowest BCUT2D eigenvalue weighted by Crippen LogP contribution is -2.49. The van der Waals surface area contributed by atoms with Crippen LogP contribution in [-0.2, 0) is 31.4 Å². The van der Waals surface area contributed by atoms with E-state index in [4.69, 9.17) is 9.94 Å². The normalized spacial score (nSPS) is 14.7. The molecule has 10 heteroatoms. The summed E-state index contributed by atoms with van der Waals surface area (Å²) in [4.78, 5) is 19.1. The molecule has 1 saturated heterocycles. The molecular formula is C42H41N3O5S2. The van der Waals surface area contributed by atoms with E-state index in [1.165, 1.54) is 23.7 Å². The minimum atomic E-state index is -3.77. The van der Waals surface area contributed by atoms with Crippen molar-refractivity contribution in [3.05, 3.63) is 136 Å². The molecule has 1 aliphatic heterocycles. The molecule has 2 heterocycles. The number of benzene rings is 4. The molecule has 8 nitrogen and oxygen atoms in total. The van der Waals surface area contributed by atoms with Crippen molar-refractivity contribution >= 4 is 37.3 Å². The van der Waals surface area contributed by atoms with E-state index >= 15 is 0 Å². The van der Waals surface area contributed by atoms with Gasteiger partial charge in [-0.2, -0.15) is 0 Å². The van der Waals surface area contributed by atoms with Gasteiger partial charge in [-0.1, -0.05) is 103 Å². The van der Waals surface area contributed by atoms with Crippen molar-refractivity contribution in [1.29, 1.82) is 0 Å². The topological polar surface area (TPSA) is 109 Å². The van der Waals surface area contributed by atoms with Gasteiger partial charge in [-0.15, -0.1) is 11.3 Å². The summed E-state index contributed by atoms with van der Waals surface area (Å²) in [6.45, 7) is 4.65. The first kappa shape index (κ1) is 37.0. The van der Waals surface area contributed by atoms with Gasteiger partial charge in [0.15, 0.2) is 9.84 Å². The molecule has 6 rings (SSSR count). The van der Waals surface area contributed by atoms with Crippen molar-refractivity contribution in [2.75, 3.05) is 32.5 Å². The summed E-state index contributed by atoms with van der Waals surface area (Å²) in [5.41, 5.74) is 5.67. The molecule has 266 valence electrons. The van der Waals surface area contributed by atoms with Gasteiger partial charge in [-0.3, -0.25) is 10.0 Å². The summed E-state index contributed by atoms with van der Waals surface area (Å²) in [7, 11) is -3.77. The van der Waals surface area contributed by atoms with Crippen LogP contribution in [0.1, 0.15) is 47.0 Å². The number of rotatable bonds is 13. The second-order valence-electron chi connectivity index (χ2n) is 13.2. The van der Waals surface area contributed by atoms with Gasteiger partial charge >= 0.3 is 0 Å². The van der Waals surface area contributed by atoms with Crippen molar-refractivity contribution in [3.63, 3.8) is 0 Å². The van der Waals surface area contributed by atoms with Crippen LogP contribution in [0.5, 0.6) is 0 Å². The number of carbonyl (C=O) groups excluding carboxylic acids is 1. The number of nitrogens with zero attached hydrogens (tertiary/aromatic N) is 2. The fourth-order valence-corrected chi connectivity index (χ4v) is 8.32. The summed E-state index contributed by atoms with van der Waals surface area (Å²) in [5, 5.41) is 9.77. The largest absolute Gasteiger partial charge is 0.361 e. The molecule has 1 aromatic heterocycles. The Morgan fingerprint density at radius 2 is 1.54 bits per heavy atom. The van der Waals surface area contributed by atoms with Crippen molar-refractivity contribution in [1.82, 2.24) is 15.4 Å². The number of hydrogen-bond donors (Lipinski definition) is 2. The minimum Gasteiger partial charge on any atom is -0.361 e. The van der Waals surface area contributed by atoms with Crippen LogP contribution in [0.2, 0.25) is 0 Å². The number of carbonyl (C=O) groups is 1. The van der Waals surface area contributed by atoms with Crippen molar-refractivity contribution < 1.29 is 23.2 Å². The van der Waals surface area contributed by atoms with Crippen LogP contribution in [0.3, 0.4) is 0 Å². The average molecular weight is 732 g/mol. The van der Waals surface area contributed by atoms with E-state index in [-0.39, 0.29) is 18.8 Å². The van der Waals surface area contributed by atoms with Crippen LogP contribution in [0, 0.1) is 29.6 Å². The quantitative estimate of drug-likeness (QED) is 0.0487. The highest BCUT2D eigenvalue weighted by atomic mass is 32.2. The zero-order valence-corrected chi connectivity index (χ0v) is 30.8. The third-order valence-electron chi connectivity index (χ3n) is 9.63. The van der Waals surface area contributed by atoms with Gasteiger partial charge in [0, 0.05) is 50.4 Å². The van der Waals surface area contributed by atoms with Crippen molar-refractivity contribution in [2.45, 2.75) is 36.5 Å². The third kappa shape index (κ3) is 8.13. The number of aryl methyl sites for hydroxylation is 1. The molecule has 5 aromatic rings. The number of thiazole rings is 1. The number of fused-ring (bicyclic) bond motifs is 1. The molecule has 0 bridgehead atoms. The van der Waals surface area contributed by atoms with Crippen LogP contribution in [0.15, 0.2) is 109 Å². The molecule has 0 spiro atoms. The van der Waals surface area contributed by atoms with Gasteiger partial charge in [0.25, 0.3) is 5.91 Å². The lowest BCUT2D eigenvalue weighted by Gasteiger charge is -2.38. The maximum atomic E-state index is 12.3. The van der Waals surface area contributed by atoms with E-state index in [1.54, 1.807) is 0 Å².